The minimum atomic E-state index is -4.39. The number of methoxy groups -OCH3 is 2. The Labute approximate surface area is 222 Å². The summed E-state index contributed by atoms with van der Waals surface area (Å²) in [6.07, 6.45) is 0.470. The van der Waals surface area contributed by atoms with Gasteiger partial charge in [-0.25, -0.2) is 12.8 Å². The second-order valence-electron chi connectivity index (χ2n) is 9.71. The first-order valence-corrected chi connectivity index (χ1v) is 13.5. The van der Waals surface area contributed by atoms with Crippen molar-refractivity contribution in [3.8, 4) is 17.2 Å². The maximum absolute atomic E-state index is 14.9. The number of nitrogens with one attached hydrogen (secondary N) is 1. The van der Waals surface area contributed by atoms with Crippen LogP contribution in [0.4, 0.5) is 10.1 Å². The summed E-state index contributed by atoms with van der Waals surface area (Å²) in [5, 5.41) is 2.95. The molecule has 1 unspecified atom stereocenters. The summed E-state index contributed by atoms with van der Waals surface area (Å²) in [5.41, 5.74) is 0.992. The highest BCUT2D eigenvalue weighted by molar-refractivity contribution is 7.92. The van der Waals surface area contributed by atoms with Crippen LogP contribution in [-0.4, -0.2) is 40.7 Å². The van der Waals surface area contributed by atoms with Gasteiger partial charge in [-0.1, -0.05) is 29.8 Å². The van der Waals surface area contributed by atoms with E-state index in [4.69, 9.17) is 14.2 Å². The highest BCUT2D eigenvalue weighted by Gasteiger charge is 2.36. The first-order valence-electron chi connectivity index (χ1n) is 12.0. The quantitative estimate of drug-likeness (QED) is 0.441. The van der Waals surface area contributed by atoms with E-state index in [1.165, 1.54) is 50.6 Å². The zero-order valence-corrected chi connectivity index (χ0v) is 22.8. The van der Waals surface area contributed by atoms with Crippen LogP contribution < -0.4 is 23.8 Å². The monoisotopic (exact) mass is 542 g/mol. The van der Waals surface area contributed by atoms with E-state index in [0.717, 1.165) is 21.5 Å². The van der Waals surface area contributed by atoms with Gasteiger partial charge < -0.3 is 19.5 Å². The second-order valence-corrected chi connectivity index (χ2v) is 11.6. The van der Waals surface area contributed by atoms with E-state index in [2.05, 4.69) is 5.32 Å². The van der Waals surface area contributed by atoms with Crippen molar-refractivity contribution >= 4 is 21.6 Å². The number of nitrogens with zero attached hydrogens (tertiary/aromatic N) is 1. The molecule has 1 N–H and O–H groups in total. The number of halogens is 1. The summed E-state index contributed by atoms with van der Waals surface area (Å²) in [4.78, 5) is 13.2. The smallest absolute Gasteiger partial charge is 0.265 e. The third-order valence-electron chi connectivity index (χ3n) is 6.31. The van der Waals surface area contributed by atoms with Crippen LogP contribution in [0.15, 0.2) is 65.6 Å². The highest BCUT2D eigenvalue weighted by atomic mass is 32.2. The van der Waals surface area contributed by atoms with Crippen LogP contribution in [0.3, 0.4) is 0 Å². The Morgan fingerprint density at radius 1 is 1.08 bits per heavy atom. The summed E-state index contributed by atoms with van der Waals surface area (Å²) < 4.78 is 59.8. The van der Waals surface area contributed by atoms with Gasteiger partial charge in [-0.15, -0.1) is 0 Å². The molecule has 0 bridgehead atoms. The van der Waals surface area contributed by atoms with E-state index in [9.17, 15) is 17.6 Å². The van der Waals surface area contributed by atoms with Gasteiger partial charge in [0.2, 0.25) is 5.91 Å². The molecule has 0 aliphatic carbocycles. The van der Waals surface area contributed by atoms with Crippen molar-refractivity contribution in [2.45, 2.75) is 43.7 Å². The van der Waals surface area contributed by atoms with Gasteiger partial charge in [-0.2, -0.15) is 0 Å². The van der Waals surface area contributed by atoms with Crippen LogP contribution in [0, 0.1) is 12.7 Å². The van der Waals surface area contributed by atoms with Gasteiger partial charge in [0.05, 0.1) is 30.8 Å². The molecule has 38 heavy (non-hydrogen) atoms. The molecule has 10 heteroatoms. The Kier molecular flexibility index (Phi) is 7.55. The highest BCUT2D eigenvalue weighted by Crippen LogP contribution is 2.40. The fourth-order valence-electron chi connectivity index (χ4n) is 4.53. The van der Waals surface area contributed by atoms with Gasteiger partial charge in [0, 0.05) is 18.1 Å². The molecule has 0 saturated carbocycles. The predicted octanol–water partition coefficient (Wildman–Crippen LogP) is 4.77. The Balaban J connectivity index is 1.70. The molecule has 1 amide bonds. The topological polar surface area (TPSA) is 94.2 Å². The SMILES string of the molecule is COc1ccc(S(=O)(=O)N(CC(=O)NC2CC(C)(C)Oc3ccc(C)cc32)c2ccccc2F)cc1OC. The number of hydrogen-bond acceptors (Lipinski definition) is 6. The minimum Gasteiger partial charge on any atom is -0.493 e. The Hall–Kier alpha value is -3.79. The molecule has 3 aromatic carbocycles. The number of para-hydroxylation sites is 1. The van der Waals surface area contributed by atoms with Crippen LogP contribution in [0.5, 0.6) is 17.2 Å². The van der Waals surface area contributed by atoms with Crippen molar-refractivity contribution in [2.24, 2.45) is 0 Å². The minimum absolute atomic E-state index is 0.181. The van der Waals surface area contributed by atoms with E-state index >= 15 is 0 Å². The number of sulfonamides is 1. The van der Waals surface area contributed by atoms with Crippen molar-refractivity contribution in [1.82, 2.24) is 5.32 Å². The molecule has 1 heterocycles. The summed E-state index contributed by atoms with van der Waals surface area (Å²) in [6, 6.07) is 14.7. The molecule has 4 rings (SSSR count). The van der Waals surface area contributed by atoms with E-state index < -0.39 is 39.9 Å². The van der Waals surface area contributed by atoms with Crippen LogP contribution >= 0.6 is 0 Å². The lowest BCUT2D eigenvalue weighted by Crippen LogP contribution is -2.45. The number of amides is 1. The number of benzene rings is 3. The summed E-state index contributed by atoms with van der Waals surface area (Å²) >= 11 is 0. The van der Waals surface area contributed by atoms with Crippen molar-refractivity contribution in [3.05, 3.63) is 77.6 Å². The molecule has 8 nitrogen and oxygen atoms in total. The van der Waals surface area contributed by atoms with Gasteiger partial charge in [0.15, 0.2) is 11.5 Å². The first kappa shape index (κ1) is 27.3. The van der Waals surface area contributed by atoms with Crippen LogP contribution in [0.1, 0.15) is 37.4 Å². The third-order valence-corrected chi connectivity index (χ3v) is 8.06. The molecule has 0 fully saturated rings. The maximum Gasteiger partial charge on any atom is 0.265 e. The molecule has 3 aromatic rings. The Morgan fingerprint density at radius 2 is 1.79 bits per heavy atom. The number of anilines is 1. The van der Waals surface area contributed by atoms with E-state index in [1.54, 1.807) is 0 Å². The number of carbonyl (C=O) groups excluding carboxylic acids is 1. The number of hydrogen-bond donors (Lipinski definition) is 1. The summed E-state index contributed by atoms with van der Waals surface area (Å²) in [5.74, 6) is -0.202. The van der Waals surface area contributed by atoms with Gasteiger partial charge in [0.1, 0.15) is 23.7 Å². The number of rotatable bonds is 8. The third kappa shape index (κ3) is 5.55. The fourth-order valence-corrected chi connectivity index (χ4v) is 5.98. The molecular formula is C28H31FN2O6S. The molecule has 0 radical (unpaired) electrons. The Morgan fingerprint density at radius 3 is 2.47 bits per heavy atom. The van der Waals surface area contributed by atoms with Gasteiger partial charge in [0.25, 0.3) is 10.0 Å². The number of carbonyl (C=O) groups is 1. The first-order chi connectivity index (χ1) is 17.9. The molecule has 202 valence electrons. The van der Waals surface area contributed by atoms with Crippen molar-refractivity contribution < 1.29 is 31.8 Å². The van der Waals surface area contributed by atoms with Gasteiger partial charge in [-0.05, 0) is 51.1 Å². The molecule has 0 saturated heterocycles. The normalized spacial score (nSPS) is 16.1. The zero-order valence-electron chi connectivity index (χ0n) is 21.9. The van der Waals surface area contributed by atoms with Crippen LogP contribution in [0.25, 0.3) is 0 Å². The molecule has 1 atom stereocenters. The number of aryl methyl sites for hydroxylation is 1. The lowest BCUT2D eigenvalue weighted by atomic mass is 9.89. The van der Waals surface area contributed by atoms with E-state index in [0.29, 0.717) is 17.9 Å². The largest absolute Gasteiger partial charge is 0.493 e. The summed E-state index contributed by atoms with van der Waals surface area (Å²) in [7, 11) is -1.58. The van der Waals surface area contributed by atoms with E-state index in [1.807, 2.05) is 39.0 Å². The average molecular weight is 543 g/mol. The van der Waals surface area contributed by atoms with Crippen molar-refractivity contribution in [3.63, 3.8) is 0 Å². The standard InChI is InChI=1S/C28H31FN2O6S/c1-18-10-12-24-20(14-18)22(16-28(2,3)37-24)30-27(32)17-31(23-9-7-6-8-21(23)29)38(33,34)19-11-13-25(35-4)26(15-19)36-5/h6-15,22H,16-17H2,1-5H3,(H,30,32). The molecule has 0 spiro atoms. The number of fused-ring (bicyclic) bond motifs is 1. The fraction of sp³-hybridized carbons (Fsp3) is 0.321. The predicted molar refractivity (Wildman–Crippen MR) is 142 cm³/mol. The van der Waals surface area contributed by atoms with Gasteiger partial charge in [-0.3, -0.25) is 9.10 Å². The second kappa shape index (κ2) is 10.5. The molecule has 1 aliphatic heterocycles. The van der Waals surface area contributed by atoms with Gasteiger partial charge >= 0.3 is 0 Å². The number of ether oxygens (including phenoxy) is 3. The lowest BCUT2D eigenvalue weighted by molar-refractivity contribution is -0.120. The molecular weight excluding hydrogens is 511 g/mol. The Bertz CT molecular complexity index is 1460. The van der Waals surface area contributed by atoms with E-state index in [-0.39, 0.29) is 16.3 Å². The molecule has 1 aliphatic rings. The summed E-state index contributed by atoms with van der Waals surface area (Å²) in [6.45, 7) is 5.13. The average Bonchev–Trinajstić information content (AvgIpc) is 2.87. The lowest BCUT2D eigenvalue weighted by Gasteiger charge is -2.38. The van der Waals surface area contributed by atoms with Crippen molar-refractivity contribution in [1.29, 1.82) is 0 Å². The van der Waals surface area contributed by atoms with Crippen LogP contribution in [-0.2, 0) is 14.8 Å². The zero-order chi connectivity index (χ0) is 27.7. The van der Waals surface area contributed by atoms with Crippen LogP contribution in [0.2, 0.25) is 0 Å². The maximum atomic E-state index is 14.9. The molecule has 0 aromatic heterocycles. The van der Waals surface area contributed by atoms with Crippen molar-refractivity contribution in [2.75, 3.05) is 25.1 Å².